The number of benzene rings is 1. The number of halogens is 4. The van der Waals surface area contributed by atoms with Crippen LogP contribution in [-0.2, 0) is 21.0 Å². The van der Waals surface area contributed by atoms with E-state index in [1.165, 1.54) is 0 Å². The highest BCUT2D eigenvalue weighted by Gasteiger charge is 2.66. The van der Waals surface area contributed by atoms with Gasteiger partial charge in [-0.3, -0.25) is 9.00 Å². The normalized spacial score (nSPS) is 27.6. The second kappa shape index (κ2) is 10.1. The molecule has 12 heteroatoms. The zero-order valence-corrected chi connectivity index (χ0v) is 23.4. The Hall–Kier alpha value is -2.52. The number of aromatic nitrogens is 1. The molecule has 4 aliphatic rings. The lowest BCUT2D eigenvalue weighted by molar-refractivity contribution is -0.160. The van der Waals surface area contributed by atoms with Crippen molar-refractivity contribution in [1.82, 2.24) is 10.3 Å². The molecule has 1 amide bonds. The van der Waals surface area contributed by atoms with E-state index in [0.29, 0.717) is 53.6 Å². The third kappa shape index (κ3) is 5.04. The quantitative estimate of drug-likeness (QED) is 0.455. The highest BCUT2D eigenvalue weighted by molar-refractivity contribution is 7.85. The molecule has 1 unspecified atom stereocenters. The summed E-state index contributed by atoms with van der Waals surface area (Å²) in [6, 6.07) is 9.67. The van der Waals surface area contributed by atoms with Crippen LogP contribution in [0.1, 0.15) is 61.6 Å². The Kier molecular flexibility index (Phi) is 6.97. The van der Waals surface area contributed by atoms with Crippen LogP contribution in [0.2, 0.25) is 0 Å². The van der Waals surface area contributed by atoms with Gasteiger partial charge in [0.05, 0.1) is 16.6 Å². The number of amides is 1. The van der Waals surface area contributed by atoms with Crippen molar-refractivity contribution < 1.29 is 26.6 Å². The van der Waals surface area contributed by atoms with Crippen LogP contribution in [0.5, 0.6) is 0 Å². The van der Waals surface area contributed by atoms with Gasteiger partial charge in [0.15, 0.2) is 0 Å². The summed E-state index contributed by atoms with van der Waals surface area (Å²) >= 11 is 1.03. The minimum absolute atomic E-state index is 0.00445. The molecule has 3 aliphatic carbocycles. The molecule has 1 N–H and O–H groups in total. The van der Waals surface area contributed by atoms with Crippen molar-refractivity contribution in [2.24, 2.45) is 5.92 Å². The molecular weight excluding hydrogens is 564 g/mol. The molecule has 2 heterocycles. The molecule has 1 aliphatic heterocycles. The van der Waals surface area contributed by atoms with Gasteiger partial charge in [0.1, 0.15) is 22.1 Å². The van der Waals surface area contributed by atoms with Crippen molar-refractivity contribution in [3.63, 3.8) is 0 Å². The molecule has 0 bridgehead atoms. The van der Waals surface area contributed by atoms with Gasteiger partial charge >= 0.3 is 6.18 Å². The van der Waals surface area contributed by atoms with E-state index in [-0.39, 0.29) is 37.1 Å². The average molecular weight is 595 g/mol. The number of carbonyl (C=O) groups excluding carboxylic acids is 1. The first-order valence-electron chi connectivity index (χ1n) is 13.7. The summed E-state index contributed by atoms with van der Waals surface area (Å²) < 4.78 is 68.8. The standard InChI is InChI=1S/C28H30F4N4O2S2/c29-18-3-6-20(21(15-18)24(37)35-26(16-33)7-8-26)22-23(39-25(34-22)27(9-10-27)28(30,31)32)17-1-4-19(5-2-17)36-11-13-40(38)14-12-36/h1-2,4-5,18,20-21H,3,6-15H2,(H,35,37)/t18-,20+,21?/m0/s1. The molecule has 0 spiro atoms. The molecule has 40 heavy (non-hydrogen) atoms. The average Bonchev–Trinajstić information content (AvgIpc) is 3.86. The number of hydrogen-bond acceptors (Lipinski definition) is 6. The highest BCUT2D eigenvalue weighted by atomic mass is 32.2. The number of rotatable bonds is 6. The maximum absolute atomic E-state index is 14.6. The first kappa shape index (κ1) is 27.6. The van der Waals surface area contributed by atoms with Crippen LogP contribution in [-0.4, -0.2) is 57.6 Å². The van der Waals surface area contributed by atoms with Gasteiger partial charge in [-0.1, -0.05) is 12.1 Å². The fraction of sp³-hybridized carbons (Fsp3) is 0.607. The predicted octanol–water partition coefficient (Wildman–Crippen LogP) is 5.37. The van der Waals surface area contributed by atoms with Gasteiger partial charge < -0.3 is 10.2 Å². The number of nitrogens with zero attached hydrogens (tertiary/aromatic N) is 3. The molecule has 6 rings (SSSR count). The third-order valence-electron chi connectivity index (χ3n) is 8.83. The monoisotopic (exact) mass is 594 g/mol. The molecular formula is C28H30F4N4O2S2. The van der Waals surface area contributed by atoms with E-state index in [2.05, 4.69) is 21.3 Å². The summed E-state index contributed by atoms with van der Waals surface area (Å²) in [4.78, 5) is 20.7. The summed E-state index contributed by atoms with van der Waals surface area (Å²) in [5, 5.41) is 12.3. The van der Waals surface area contributed by atoms with Crippen LogP contribution in [0.15, 0.2) is 24.3 Å². The largest absolute Gasteiger partial charge is 0.400 e. The Balaban J connectivity index is 1.37. The van der Waals surface area contributed by atoms with Crippen molar-refractivity contribution in [1.29, 1.82) is 5.26 Å². The van der Waals surface area contributed by atoms with E-state index >= 15 is 0 Å². The summed E-state index contributed by atoms with van der Waals surface area (Å²) in [6.45, 7) is 1.34. The summed E-state index contributed by atoms with van der Waals surface area (Å²) in [5.41, 5.74) is -0.820. The minimum atomic E-state index is -4.43. The molecule has 1 saturated heterocycles. The van der Waals surface area contributed by atoms with Gasteiger partial charge in [0.2, 0.25) is 5.91 Å². The summed E-state index contributed by atoms with van der Waals surface area (Å²) in [6.07, 6.45) is -4.18. The maximum atomic E-state index is 14.6. The Morgan fingerprint density at radius 1 is 1.12 bits per heavy atom. The van der Waals surface area contributed by atoms with E-state index in [4.69, 9.17) is 0 Å². The molecule has 1 aromatic heterocycles. The van der Waals surface area contributed by atoms with Crippen molar-refractivity contribution in [2.45, 2.75) is 74.2 Å². The molecule has 3 atom stereocenters. The zero-order valence-electron chi connectivity index (χ0n) is 21.8. The maximum Gasteiger partial charge on any atom is 0.400 e. The van der Waals surface area contributed by atoms with Gasteiger partial charge in [-0.15, -0.1) is 11.3 Å². The fourth-order valence-electron chi connectivity index (χ4n) is 5.91. The number of nitrogens with one attached hydrogen (secondary N) is 1. The van der Waals surface area contributed by atoms with Gasteiger partial charge in [-0.2, -0.15) is 18.4 Å². The first-order chi connectivity index (χ1) is 19.0. The second-order valence-corrected chi connectivity index (χ2v) is 14.2. The van der Waals surface area contributed by atoms with E-state index in [1.54, 1.807) is 0 Å². The Morgan fingerprint density at radius 3 is 2.38 bits per heavy atom. The summed E-state index contributed by atoms with van der Waals surface area (Å²) in [5.74, 6) is -0.615. The Morgan fingerprint density at radius 2 is 1.80 bits per heavy atom. The molecule has 2 aromatic rings. The minimum Gasteiger partial charge on any atom is -0.370 e. The molecule has 3 saturated carbocycles. The van der Waals surface area contributed by atoms with Crippen LogP contribution in [0, 0.1) is 17.2 Å². The molecule has 0 radical (unpaired) electrons. The van der Waals surface area contributed by atoms with Crippen LogP contribution < -0.4 is 10.2 Å². The van der Waals surface area contributed by atoms with E-state index in [1.807, 2.05) is 24.3 Å². The highest BCUT2D eigenvalue weighted by Crippen LogP contribution is 2.61. The van der Waals surface area contributed by atoms with Gasteiger partial charge in [-0.05, 0) is 62.6 Å². The molecule has 6 nitrogen and oxygen atoms in total. The van der Waals surface area contributed by atoms with Gasteiger partial charge in [0.25, 0.3) is 0 Å². The van der Waals surface area contributed by atoms with E-state index in [0.717, 1.165) is 17.0 Å². The zero-order chi connectivity index (χ0) is 28.3. The van der Waals surface area contributed by atoms with Crippen molar-refractivity contribution in [2.75, 3.05) is 29.5 Å². The van der Waals surface area contributed by atoms with Crippen molar-refractivity contribution >= 4 is 33.7 Å². The molecule has 1 aromatic carbocycles. The number of hydrogen-bond donors (Lipinski definition) is 1. The molecule has 214 valence electrons. The fourth-order valence-corrected chi connectivity index (χ4v) is 8.37. The Labute approximate surface area is 236 Å². The number of alkyl halides is 4. The van der Waals surface area contributed by atoms with Crippen LogP contribution in [0.25, 0.3) is 10.4 Å². The Bertz CT molecular complexity index is 1350. The molecule has 4 fully saturated rings. The lowest BCUT2D eigenvalue weighted by atomic mass is 9.75. The smallest absolute Gasteiger partial charge is 0.370 e. The van der Waals surface area contributed by atoms with Crippen molar-refractivity contribution in [3.8, 4) is 16.5 Å². The lowest BCUT2D eigenvalue weighted by Crippen LogP contribution is -2.44. The van der Waals surface area contributed by atoms with Crippen molar-refractivity contribution in [3.05, 3.63) is 35.0 Å². The number of anilines is 1. The SMILES string of the molecule is N#CC1(NC(=O)C2C[C@@H](F)CC[C@H]2c2nc(C3(C(F)(F)F)CC3)sc2-c2ccc(N3CCS(=O)CC3)cc2)CC1. The van der Waals surface area contributed by atoms with Gasteiger partial charge in [0, 0.05) is 52.9 Å². The van der Waals surface area contributed by atoms with Gasteiger partial charge in [-0.25, -0.2) is 9.37 Å². The number of carbonyl (C=O) groups is 1. The van der Waals surface area contributed by atoms with Crippen LogP contribution in [0.4, 0.5) is 23.2 Å². The third-order valence-corrected chi connectivity index (χ3v) is 11.4. The topological polar surface area (TPSA) is 86.1 Å². The summed E-state index contributed by atoms with van der Waals surface area (Å²) in [7, 11) is -0.813. The van der Waals surface area contributed by atoms with Crippen LogP contribution in [0.3, 0.4) is 0 Å². The predicted molar refractivity (Wildman–Crippen MR) is 145 cm³/mol. The first-order valence-corrected chi connectivity index (χ1v) is 16.0. The van der Waals surface area contributed by atoms with E-state index < -0.39 is 51.8 Å². The second-order valence-electron chi connectivity index (χ2n) is 11.5. The number of nitriles is 1. The number of thiazole rings is 1. The van der Waals surface area contributed by atoms with E-state index in [9.17, 15) is 31.8 Å². The van der Waals surface area contributed by atoms with Crippen LogP contribution >= 0.6 is 11.3 Å². The lowest BCUT2D eigenvalue weighted by Gasteiger charge is -2.33.